The molecule has 0 saturated heterocycles. The Morgan fingerprint density at radius 3 is 2.72 bits per heavy atom. The van der Waals surface area contributed by atoms with Gasteiger partial charge < -0.3 is 14.6 Å². The average molecular weight is 407 g/mol. The number of aromatic nitrogens is 4. The number of rotatable bonds is 7. The summed E-state index contributed by atoms with van der Waals surface area (Å²) in [5.74, 6) is 3.39. The van der Waals surface area contributed by atoms with Crippen LogP contribution in [0, 0.1) is 0 Å². The van der Waals surface area contributed by atoms with E-state index >= 15 is 0 Å². The molecule has 8 heteroatoms. The molecule has 7 nitrogen and oxygen atoms in total. The molecule has 0 unspecified atom stereocenters. The van der Waals surface area contributed by atoms with Gasteiger partial charge in [0.25, 0.3) is 0 Å². The number of nitrogens with one attached hydrogen (secondary N) is 1. The van der Waals surface area contributed by atoms with Crippen LogP contribution in [0.25, 0.3) is 21.3 Å². The number of nitrogens with zero attached hydrogens (tertiary/aromatic N) is 5. The highest BCUT2D eigenvalue weighted by Gasteiger charge is 2.29. The molecule has 1 aliphatic carbocycles. The van der Waals surface area contributed by atoms with Crippen molar-refractivity contribution in [1.82, 2.24) is 25.1 Å². The molecule has 0 bridgehead atoms. The van der Waals surface area contributed by atoms with Gasteiger partial charge >= 0.3 is 0 Å². The van der Waals surface area contributed by atoms with Gasteiger partial charge in [0.15, 0.2) is 0 Å². The van der Waals surface area contributed by atoms with Gasteiger partial charge in [-0.15, -0.1) is 21.5 Å². The fourth-order valence-corrected chi connectivity index (χ4v) is 4.26. The van der Waals surface area contributed by atoms with Gasteiger partial charge in [0.05, 0.1) is 18.5 Å². The van der Waals surface area contributed by atoms with E-state index in [-0.39, 0.29) is 0 Å². The van der Waals surface area contributed by atoms with Crippen LogP contribution >= 0.6 is 11.3 Å². The molecule has 1 fully saturated rings. The van der Waals surface area contributed by atoms with Gasteiger partial charge in [0.1, 0.15) is 16.5 Å². The van der Waals surface area contributed by atoms with E-state index in [2.05, 4.69) is 37.9 Å². The zero-order chi connectivity index (χ0) is 19.8. The van der Waals surface area contributed by atoms with Crippen LogP contribution in [0.2, 0.25) is 0 Å². The Bertz CT molecular complexity index is 1130. The Labute approximate surface area is 172 Å². The number of benzene rings is 1. The fraction of sp³-hybridized carbons (Fsp3) is 0.333. The Morgan fingerprint density at radius 2 is 1.97 bits per heavy atom. The van der Waals surface area contributed by atoms with Gasteiger partial charge in [-0.1, -0.05) is 30.3 Å². The van der Waals surface area contributed by atoms with E-state index in [1.165, 1.54) is 0 Å². The fourth-order valence-electron chi connectivity index (χ4n) is 3.29. The number of thiophene rings is 1. The van der Waals surface area contributed by atoms with Gasteiger partial charge in [0.2, 0.25) is 11.8 Å². The lowest BCUT2D eigenvalue weighted by molar-refractivity contribution is 0.391. The maximum Gasteiger partial charge on any atom is 0.235 e. The first-order valence-corrected chi connectivity index (χ1v) is 10.6. The summed E-state index contributed by atoms with van der Waals surface area (Å²) < 4.78 is 5.80. The second-order valence-electron chi connectivity index (χ2n) is 7.58. The lowest BCUT2D eigenvalue weighted by atomic mass is 10.1. The van der Waals surface area contributed by atoms with Gasteiger partial charge in [-0.05, 0) is 32.5 Å². The third-order valence-corrected chi connectivity index (χ3v) is 5.71. The summed E-state index contributed by atoms with van der Waals surface area (Å²) in [5, 5.41) is 15.0. The van der Waals surface area contributed by atoms with Gasteiger partial charge in [-0.2, -0.15) is 0 Å². The summed E-state index contributed by atoms with van der Waals surface area (Å²) in [6.07, 6.45) is 2.29. The summed E-state index contributed by atoms with van der Waals surface area (Å²) in [6.45, 7) is 1.12. The van der Waals surface area contributed by atoms with E-state index in [1.807, 2.05) is 32.3 Å². The Morgan fingerprint density at radius 1 is 1.14 bits per heavy atom. The third kappa shape index (κ3) is 3.86. The van der Waals surface area contributed by atoms with Crippen molar-refractivity contribution in [1.29, 1.82) is 0 Å². The van der Waals surface area contributed by atoms with Crippen molar-refractivity contribution in [3.8, 4) is 11.1 Å². The first-order chi connectivity index (χ1) is 14.2. The topological polar surface area (TPSA) is 80.0 Å². The van der Waals surface area contributed by atoms with Crippen molar-refractivity contribution in [2.75, 3.05) is 19.4 Å². The number of fused-ring (bicyclic) bond motifs is 1. The molecule has 0 aliphatic heterocycles. The normalized spacial score (nSPS) is 14.0. The minimum Gasteiger partial charge on any atom is -0.423 e. The molecule has 5 rings (SSSR count). The lowest BCUT2D eigenvalue weighted by Crippen LogP contribution is -2.14. The lowest BCUT2D eigenvalue weighted by Gasteiger charge is -2.12. The molecular weight excluding hydrogens is 384 g/mol. The monoisotopic (exact) mass is 406 g/mol. The first-order valence-electron chi connectivity index (χ1n) is 9.72. The van der Waals surface area contributed by atoms with Crippen LogP contribution in [0.15, 0.2) is 40.1 Å². The summed E-state index contributed by atoms with van der Waals surface area (Å²) in [7, 11) is 4.03. The predicted molar refractivity (Wildman–Crippen MR) is 114 cm³/mol. The summed E-state index contributed by atoms with van der Waals surface area (Å²) in [6, 6.07) is 10.3. The maximum atomic E-state index is 5.80. The van der Waals surface area contributed by atoms with Gasteiger partial charge in [0, 0.05) is 16.9 Å². The molecule has 3 aromatic heterocycles. The molecular formula is C21H22N6OS. The highest BCUT2D eigenvalue weighted by Crippen LogP contribution is 2.39. The van der Waals surface area contributed by atoms with Crippen LogP contribution in [0.4, 0.5) is 5.82 Å². The maximum absolute atomic E-state index is 5.80. The summed E-state index contributed by atoms with van der Waals surface area (Å²) in [4.78, 5) is 12.6. The van der Waals surface area contributed by atoms with E-state index in [1.54, 1.807) is 11.3 Å². The van der Waals surface area contributed by atoms with E-state index in [0.717, 1.165) is 51.7 Å². The van der Waals surface area contributed by atoms with Crippen molar-refractivity contribution in [3.63, 3.8) is 0 Å². The highest BCUT2D eigenvalue weighted by atomic mass is 32.1. The van der Waals surface area contributed by atoms with E-state index in [9.17, 15) is 0 Å². The Balaban J connectivity index is 1.51. The zero-order valence-corrected chi connectivity index (χ0v) is 17.2. The Kier molecular flexibility index (Phi) is 4.73. The molecule has 3 heterocycles. The second-order valence-corrected chi connectivity index (χ2v) is 8.44. The third-order valence-electron chi connectivity index (χ3n) is 4.84. The van der Waals surface area contributed by atoms with Crippen molar-refractivity contribution in [3.05, 3.63) is 53.3 Å². The number of hydrogen-bond acceptors (Lipinski definition) is 8. The molecule has 0 amide bonds. The summed E-state index contributed by atoms with van der Waals surface area (Å²) >= 11 is 1.64. The van der Waals surface area contributed by atoms with Crippen molar-refractivity contribution in [2.45, 2.75) is 31.8 Å². The second kappa shape index (κ2) is 7.53. The van der Waals surface area contributed by atoms with Crippen LogP contribution in [0.5, 0.6) is 0 Å². The molecule has 1 saturated carbocycles. The minimum atomic E-state index is 0.442. The SMILES string of the molecule is CN(C)Cc1nc(NCc2nnc(C3CC3)o2)c2c(-c3ccccc3)csc2n1. The molecule has 0 radical (unpaired) electrons. The molecule has 29 heavy (non-hydrogen) atoms. The average Bonchev–Trinajstić information content (AvgIpc) is 3.30. The van der Waals surface area contributed by atoms with Gasteiger partial charge in [-0.3, -0.25) is 0 Å². The molecule has 148 valence electrons. The van der Waals surface area contributed by atoms with E-state index in [0.29, 0.717) is 24.9 Å². The van der Waals surface area contributed by atoms with Crippen LogP contribution in [-0.4, -0.2) is 39.2 Å². The van der Waals surface area contributed by atoms with E-state index < -0.39 is 0 Å². The van der Waals surface area contributed by atoms with Crippen LogP contribution in [0.1, 0.15) is 36.4 Å². The number of anilines is 1. The zero-order valence-electron chi connectivity index (χ0n) is 16.4. The van der Waals surface area contributed by atoms with E-state index in [4.69, 9.17) is 14.4 Å². The molecule has 1 aliphatic rings. The molecule has 4 aromatic rings. The standard InChI is InChI=1S/C21H22N6OS/c1-27(2)11-16-23-19(22-10-17-25-26-20(28-17)14-8-9-14)18-15(12-29-21(18)24-16)13-6-4-3-5-7-13/h3-7,12,14H,8-11H2,1-2H3,(H,22,23,24). The minimum absolute atomic E-state index is 0.442. The first kappa shape index (κ1) is 18.2. The van der Waals surface area contributed by atoms with Crippen molar-refractivity contribution in [2.24, 2.45) is 0 Å². The Hall–Kier alpha value is -2.84. The highest BCUT2D eigenvalue weighted by molar-refractivity contribution is 7.17. The van der Waals surface area contributed by atoms with Crippen LogP contribution in [-0.2, 0) is 13.1 Å². The quantitative estimate of drug-likeness (QED) is 0.490. The largest absolute Gasteiger partial charge is 0.423 e. The molecule has 0 atom stereocenters. The smallest absolute Gasteiger partial charge is 0.235 e. The van der Waals surface area contributed by atoms with Crippen molar-refractivity contribution < 1.29 is 4.42 Å². The molecule has 1 aromatic carbocycles. The van der Waals surface area contributed by atoms with Crippen LogP contribution < -0.4 is 5.32 Å². The summed E-state index contributed by atoms with van der Waals surface area (Å²) in [5.41, 5.74) is 2.29. The molecule has 0 spiro atoms. The predicted octanol–water partition coefficient (Wildman–Crippen LogP) is 4.29. The number of hydrogen-bond donors (Lipinski definition) is 1. The van der Waals surface area contributed by atoms with Crippen molar-refractivity contribution >= 4 is 27.4 Å². The molecule has 1 N–H and O–H groups in total. The van der Waals surface area contributed by atoms with Crippen LogP contribution in [0.3, 0.4) is 0 Å². The van der Waals surface area contributed by atoms with Gasteiger partial charge in [-0.25, -0.2) is 9.97 Å².